The molecule has 7 heteroatoms. The molecule has 0 spiro atoms. The number of carbonyl (C=O) groups excluding carboxylic acids is 1. The number of nitrogens with one attached hydrogen (secondary N) is 2. The maximum Gasteiger partial charge on any atom is 0.241 e. The van der Waals surface area contributed by atoms with Crippen molar-refractivity contribution in [3.8, 4) is 0 Å². The zero-order chi connectivity index (χ0) is 15.6. The average molecular weight is 300 g/mol. The highest BCUT2D eigenvalue weighted by Gasteiger charge is 2.30. The Bertz CT molecular complexity index is 577. The fraction of sp³-hybridized carbons (Fsp3) is 0.462. The van der Waals surface area contributed by atoms with Crippen LogP contribution in [0.2, 0.25) is 0 Å². The summed E-state index contributed by atoms with van der Waals surface area (Å²) in [5, 5.41) is 12.1. The molecule has 0 heterocycles. The monoisotopic (exact) mass is 300 g/mol. The average Bonchev–Trinajstić information content (AvgIpc) is 2.27. The fourth-order valence-electron chi connectivity index (χ4n) is 1.41. The predicted molar refractivity (Wildman–Crippen MR) is 76.8 cm³/mol. The third-order valence-corrected chi connectivity index (χ3v) is 4.61. The van der Waals surface area contributed by atoms with Crippen LogP contribution < -0.4 is 10.0 Å². The van der Waals surface area contributed by atoms with Crippen molar-refractivity contribution in [1.82, 2.24) is 4.72 Å². The van der Waals surface area contributed by atoms with E-state index in [9.17, 15) is 18.3 Å². The first kappa shape index (κ1) is 16.6. The number of aliphatic hydroxyl groups is 1. The standard InChI is InChI=1S/C13H20N2O4S/c1-9(16)13(3,4)15-20(18,19)12-7-5-11(6-8-12)14-10(2)17/h5-9,15-16H,1-4H3,(H,14,17). The fourth-order valence-corrected chi connectivity index (χ4v) is 2.89. The van der Waals surface area contributed by atoms with Crippen molar-refractivity contribution in [2.24, 2.45) is 0 Å². The summed E-state index contributed by atoms with van der Waals surface area (Å²) in [6, 6.07) is 5.80. The number of hydrogen-bond acceptors (Lipinski definition) is 4. The molecule has 112 valence electrons. The number of carbonyl (C=O) groups is 1. The summed E-state index contributed by atoms with van der Waals surface area (Å²) in [5.41, 5.74) is -0.457. The SMILES string of the molecule is CC(=O)Nc1ccc(S(=O)(=O)NC(C)(C)C(C)O)cc1. The number of rotatable bonds is 5. The van der Waals surface area contributed by atoms with Crippen molar-refractivity contribution < 1.29 is 18.3 Å². The van der Waals surface area contributed by atoms with Gasteiger partial charge in [-0.3, -0.25) is 4.79 Å². The third-order valence-electron chi connectivity index (χ3n) is 2.93. The first-order valence-electron chi connectivity index (χ1n) is 6.14. The van der Waals surface area contributed by atoms with E-state index in [4.69, 9.17) is 0 Å². The minimum absolute atomic E-state index is 0.0697. The first-order chi connectivity index (χ1) is 9.04. The number of sulfonamides is 1. The Labute approximate surface area is 119 Å². The van der Waals surface area contributed by atoms with Gasteiger partial charge in [-0.05, 0) is 45.0 Å². The van der Waals surface area contributed by atoms with Gasteiger partial charge in [0.05, 0.1) is 16.5 Å². The number of aliphatic hydroxyl groups excluding tert-OH is 1. The van der Waals surface area contributed by atoms with Gasteiger partial charge < -0.3 is 10.4 Å². The van der Waals surface area contributed by atoms with Crippen molar-refractivity contribution >= 4 is 21.6 Å². The Morgan fingerprint density at radius 3 is 2.15 bits per heavy atom. The minimum atomic E-state index is -3.73. The maximum atomic E-state index is 12.2. The quantitative estimate of drug-likeness (QED) is 0.758. The third kappa shape index (κ3) is 4.29. The molecular weight excluding hydrogens is 280 g/mol. The smallest absolute Gasteiger partial charge is 0.241 e. The predicted octanol–water partition coefficient (Wildman–Crippen LogP) is 1.08. The Morgan fingerprint density at radius 1 is 1.25 bits per heavy atom. The lowest BCUT2D eigenvalue weighted by molar-refractivity contribution is -0.114. The molecule has 0 aromatic heterocycles. The topological polar surface area (TPSA) is 95.5 Å². The highest BCUT2D eigenvalue weighted by atomic mass is 32.2. The molecule has 1 aromatic rings. The Morgan fingerprint density at radius 2 is 1.75 bits per heavy atom. The lowest BCUT2D eigenvalue weighted by Gasteiger charge is -2.28. The molecule has 0 radical (unpaired) electrons. The lowest BCUT2D eigenvalue weighted by Crippen LogP contribution is -2.50. The largest absolute Gasteiger partial charge is 0.391 e. The van der Waals surface area contributed by atoms with Gasteiger partial charge >= 0.3 is 0 Å². The van der Waals surface area contributed by atoms with Gasteiger partial charge in [-0.15, -0.1) is 0 Å². The van der Waals surface area contributed by atoms with Crippen LogP contribution in [0.3, 0.4) is 0 Å². The van der Waals surface area contributed by atoms with Gasteiger partial charge in [-0.1, -0.05) is 0 Å². The molecule has 0 bridgehead atoms. The zero-order valence-electron chi connectivity index (χ0n) is 12.0. The van der Waals surface area contributed by atoms with Gasteiger partial charge in [-0.2, -0.15) is 0 Å². The molecule has 0 fully saturated rings. The van der Waals surface area contributed by atoms with Gasteiger partial charge in [0.15, 0.2) is 0 Å². The van der Waals surface area contributed by atoms with Crippen molar-refractivity contribution in [2.75, 3.05) is 5.32 Å². The van der Waals surface area contributed by atoms with Gasteiger partial charge in [0, 0.05) is 12.6 Å². The summed E-state index contributed by atoms with van der Waals surface area (Å²) in [6.07, 6.45) is -0.837. The van der Waals surface area contributed by atoms with Crippen LogP contribution in [-0.2, 0) is 14.8 Å². The van der Waals surface area contributed by atoms with Crippen LogP contribution in [0, 0.1) is 0 Å². The number of hydrogen-bond donors (Lipinski definition) is 3. The summed E-state index contributed by atoms with van der Waals surface area (Å²) in [4.78, 5) is 11.0. The van der Waals surface area contributed by atoms with E-state index in [1.807, 2.05) is 0 Å². The van der Waals surface area contributed by atoms with Gasteiger partial charge in [-0.25, -0.2) is 13.1 Å². The molecule has 6 nitrogen and oxygen atoms in total. The van der Waals surface area contributed by atoms with Gasteiger partial charge in [0.2, 0.25) is 15.9 Å². The van der Waals surface area contributed by atoms with E-state index < -0.39 is 21.7 Å². The highest BCUT2D eigenvalue weighted by Crippen LogP contribution is 2.18. The number of anilines is 1. The first-order valence-corrected chi connectivity index (χ1v) is 7.62. The summed E-state index contributed by atoms with van der Waals surface area (Å²) >= 11 is 0. The molecule has 1 unspecified atom stereocenters. The van der Waals surface area contributed by atoms with Gasteiger partial charge in [0.25, 0.3) is 0 Å². The molecule has 20 heavy (non-hydrogen) atoms. The molecule has 0 aliphatic carbocycles. The molecule has 1 amide bonds. The van der Waals surface area contributed by atoms with E-state index >= 15 is 0 Å². The molecule has 0 saturated heterocycles. The molecule has 1 rings (SSSR count). The van der Waals surface area contributed by atoms with Crippen LogP contribution >= 0.6 is 0 Å². The van der Waals surface area contributed by atoms with E-state index in [1.165, 1.54) is 38.1 Å². The van der Waals surface area contributed by atoms with E-state index in [1.54, 1.807) is 13.8 Å². The molecule has 1 aromatic carbocycles. The molecule has 3 N–H and O–H groups in total. The molecule has 0 saturated carbocycles. The lowest BCUT2D eigenvalue weighted by atomic mass is 10.0. The Balaban J connectivity index is 2.96. The summed E-state index contributed by atoms with van der Waals surface area (Å²) in [6.45, 7) is 6.08. The minimum Gasteiger partial charge on any atom is -0.391 e. The zero-order valence-corrected chi connectivity index (χ0v) is 12.8. The van der Waals surface area contributed by atoms with Crippen LogP contribution in [0.25, 0.3) is 0 Å². The summed E-state index contributed by atoms with van der Waals surface area (Å²) in [7, 11) is -3.73. The molecule has 1 atom stereocenters. The van der Waals surface area contributed by atoms with Gasteiger partial charge in [0.1, 0.15) is 0 Å². The second-order valence-electron chi connectivity index (χ2n) is 5.21. The van der Waals surface area contributed by atoms with Crippen molar-refractivity contribution in [2.45, 2.75) is 44.2 Å². The van der Waals surface area contributed by atoms with Crippen LogP contribution in [0.15, 0.2) is 29.2 Å². The van der Waals surface area contributed by atoms with E-state index in [0.29, 0.717) is 5.69 Å². The Hall–Kier alpha value is -1.44. The highest BCUT2D eigenvalue weighted by molar-refractivity contribution is 7.89. The van der Waals surface area contributed by atoms with Crippen LogP contribution in [0.1, 0.15) is 27.7 Å². The summed E-state index contributed by atoms with van der Waals surface area (Å²) in [5.74, 6) is -0.228. The number of amides is 1. The maximum absolute atomic E-state index is 12.2. The Kier molecular flexibility index (Phi) is 4.90. The van der Waals surface area contributed by atoms with E-state index in [0.717, 1.165) is 0 Å². The second-order valence-corrected chi connectivity index (χ2v) is 6.89. The second kappa shape index (κ2) is 5.90. The van der Waals surface area contributed by atoms with E-state index in [2.05, 4.69) is 10.0 Å². The van der Waals surface area contributed by atoms with Crippen LogP contribution in [0.5, 0.6) is 0 Å². The molecular formula is C13H20N2O4S. The van der Waals surface area contributed by atoms with Crippen molar-refractivity contribution in [3.05, 3.63) is 24.3 Å². The summed E-state index contributed by atoms with van der Waals surface area (Å²) < 4.78 is 26.8. The van der Waals surface area contributed by atoms with Crippen molar-refractivity contribution in [1.29, 1.82) is 0 Å². The van der Waals surface area contributed by atoms with E-state index in [-0.39, 0.29) is 10.8 Å². The number of benzene rings is 1. The molecule has 0 aliphatic rings. The van der Waals surface area contributed by atoms with Crippen molar-refractivity contribution in [3.63, 3.8) is 0 Å². The normalized spacial score (nSPS) is 13.8. The molecule has 0 aliphatic heterocycles. The van der Waals surface area contributed by atoms with Crippen LogP contribution in [0.4, 0.5) is 5.69 Å². The van der Waals surface area contributed by atoms with Crippen LogP contribution in [-0.4, -0.2) is 31.1 Å².